The number of aliphatic hydroxyl groups is 1. The molecule has 1 aliphatic heterocycles. The monoisotopic (exact) mass is 327 g/mol. The van der Waals surface area contributed by atoms with E-state index in [0.29, 0.717) is 11.6 Å². The molecule has 0 spiro atoms. The van der Waals surface area contributed by atoms with E-state index in [1.165, 1.54) is 18.2 Å². The van der Waals surface area contributed by atoms with Crippen LogP contribution in [0.5, 0.6) is 0 Å². The molecule has 22 heavy (non-hydrogen) atoms. The van der Waals surface area contributed by atoms with Gasteiger partial charge in [0.05, 0.1) is 11.5 Å². The van der Waals surface area contributed by atoms with Crippen molar-refractivity contribution in [2.45, 2.75) is 12.8 Å². The van der Waals surface area contributed by atoms with Crippen LogP contribution in [-0.2, 0) is 4.79 Å². The highest BCUT2D eigenvalue weighted by molar-refractivity contribution is 6.32. The van der Waals surface area contributed by atoms with Gasteiger partial charge in [0.2, 0.25) is 5.91 Å². The van der Waals surface area contributed by atoms with Gasteiger partial charge in [0, 0.05) is 18.4 Å². The summed E-state index contributed by atoms with van der Waals surface area (Å²) in [6.45, 7) is 1.95. The average molecular weight is 328 g/mol. The Kier molecular flexibility index (Phi) is 5.70. The summed E-state index contributed by atoms with van der Waals surface area (Å²) in [4.78, 5) is 24.2. The molecule has 2 N–H and O–H groups in total. The number of nitro benzene ring substituents is 1. The predicted molar refractivity (Wildman–Crippen MR) is 83.0 cm³/mol. The lowest BCUT2D eigenvalue weighted by atomic mass is 9.98. The lowest BCUT2D eigenvalue weighted by Crippen LogP contribution is -2.39. The van der Waals surface area contributed by atoms with Crippen LogP contribution in [0.15, 0.2) is 18.2 Å². The number of rotatable bonds is 5. The summed E-state index contributed by atoms with van der Waals surface area (Å²) in [5.41, 5.74) is 0.120. The first kappa shape index (κ1) is 16.7. The van der Waals surface area contributed by atoms with Crippen LogP contribution in [0.2, 0.25) is 5.02 Å². The first-order chi connectivity index (χ1) is 10.5. The molecule has 0 aliphatic carbocycles. The molecule has 7 nitrogen and oxygen atoms in total. The lowest BCUT2D eigenvalue weighted by Gasteiger charge is -2.30. The SMILES string of the molecule is O=C(CN1CCC(CO)CC1)Nc1ccc(Cl)c([N+](=O)[O-])c1. The molecule has 1 saturated heterocycles. The minimum atomic E-state index is -0.586. The molecular weight excluding hydrogens is 310 g/mol. The van der Waals surface area contributed by atoms with Crippen molar-refractivity contribution in [2.75, 3.05) is 31.6 Å². The summed E-state index contributed by atoms with van der Waals surface area (Å²) in [6, 6.07) is 4.17. The normalized spacial score (nSPS) is 16.5. The summed E-state index contributed by atoms with van der Waals surface area (Å²) in [6.07, 6.45) is 1.74. The third-order valence-corrected chi connectivity index (χ3v) is 4.08. The number of likely N-dealkylation sites (tertiary alicyclic amines) is 1. The number of anilines is 1. The van der Waals surface area contributed by atoms with Crippen LogP contribution in [0.1, 0.15) is 12.8 Å². The quantitative estimate of drug-likeness (QED) is 0.636. The Labute approximate surface area is 133 Å². The van der Waals surface area contributed by atoms with Crippen LogP contribution >= 0.6 is 11.6 Å². The molecule has 0 aromatic heterocycles. The van der Waals surface area contributed by atoms with E-state index < -0.39 is 4.92 Å². The number of nitro groups is 1. The Hall–Kier alpha value is -1.70. The summed E-state index contributed by atoms with van der Waals surface area (Å²) >= 11 is 5.73. The predicted octanol–water partition coefficient (Wildman–Crippen LogP) is 1.89. The molecule has 1 fully saturated rings. The largest absolute Gasteiger partial charge is 0.396 e. The second-order valence-electron chi connectivity index (χ2n) is 5.37. The third kappa shape index (κ3) is 4.40. The van der Waals surface area contributed by atoms with Crippen molar-refractivity contribution in [3.63, 3.8) is 0 Å². The fourth-order valence-electron chi connectivity index (χ4n) is 2.46. The molecule has 0 radical (unpaired) electrons. The maximum absolute atomic E-state index is 12.0. The second-order valence-corrected chi connectivity index (χ2v) is 5.78. The highest BCUT2D eigenvalue weighted by Gasteiger charge is 2.20. The Morgan fingerprint density at radius 1 is 1.45 bits per heavy atom. The van der Waals surface area contributed by atoms with Crippen LogP contribution in [0.4, 0.5) is 11.4 Å². The van der Waals surface area contributed by atoms with Crippen molar-refractivity contribution in [1.29, 1.82) is 0 Å². The van der Waals surface area contributed by atoms with Gasteiger partial charge >= 0.3 is 0 Å². The second kappa shape index (κ2) is 7.53. The smallest absolute Gasteiger partial charge is 0.289 e. The minimum Gasteiger partial charge on any atom is -0.396 e. The maximum Gasteiger partial charge on any atom is 0.289 e. The number of aliphatic hydroxyl groups excluding tert-OH is 1. The molecule has 1 aliphatic rings. The molecule has 0 unspecified atom stereocenters. The number of amides is 1. The molecule has 0 atom stereocenters. The van der Waals surface area contributed by atoms with Gasteiger partial charge in [-0.3, -0.25) is 19.8 Å². The van der Waals surface area contributed by atoms with Gasteiger partial charge in [-0.25, -0.2) is 0 Å². The van der Waals surface area contributed by atoms with Crippen LogP contribution in [-0.4, -0.2) is 47.1 Å². The molecule has 1 aromatic carbocycles. The number of nitrogens with zero attached hydrogens (tertiary/aromatic N) is 2. The Morgan fingerprint density at radius 2 is 2.14 bits per heavy atom. The Balaban J connectivity index is 1.90. The van der Waals surface area contributed by atoms with E-state index >= 15 is 0 Å². The van der Waals surface area contributed by atoms with E-state index in [4.69, 9.17) is 16.7 Å². The van der Waals surface area contributed by atoms with E-state index in [9.17, 15) is 14.9 Å². The number of halogens is 1. The molecule has 0 bridgehead atoms. The third-order valence-electron chi connectivity index (χ3n) is 3.76. The molecule has 0 saturated carbocycles. The van der Waals surface area contributed by atoms with E-state index in [2.05, 4.69) is 5.32 Å². The van der Waals surface area contributed by atoms with Crippen molar-refractivity contribution in [3.8, 4) is 0 Å². The first-order valence-corrected chi connectivity index (χ1v) is 7.44. The van der Waals surface area contributed by atoms with Gasteiger partial charge in [0.1, 0.15) is 5.02 Å². The van der Waals surface area contributed by atoms with Gasteiger partial charge in [-0.1, -0.05) is 11.6 Å². The zero-order valence-electron chi connectivity index (χ0n) is 12.0. The lowest BCUT2D eigenvalue weighted by molar-refractivity contribution is -0.384. The number of benzene rings is 1. The average Bonchev–Trinajstić information content (AvgIpc) is 2.49. The molecule has 1 aromatic rings. The number of hydrogen-bond donors (Lipinski definition) is 2. The number of hydrogen-bond acceptors (Lipinski definition) is 5. The van der Waals surface area contributed by atoms with Crippen LogP contribution in [0.25, 0.3) is 0 Å². The standard InChI is InChI=1S/C14H18ClN3O4/c15-12-2-1-11(7-13(12)18(21)22)16-14(20)8-17-5-3-10(9-19)4-6-17/h1-2,7,10,19H,3-6,8-9H2,(H,16,20). The van der Waals surface area contributed by atoms with Gasteiger partial charge in [-0.2, -0.15) is 0 Å². The van der Waals surface area contributed by atoms with Crippen LogP contribution in [0, 0.1) is 16.0 Å². The van der Waals surface area contributed by atoms with E-state index in [1.54, 1.807) is 0 Å². The zero-order valence-corrected chi connectivity index (χ0v) is 12.8. The summed E-state index contributed by atoms with van der Waals surface area (Å²) in [5, 5.41) is 22.6. The number of carbonyl (C=O) groups is 1. The van der Waals surface area contributed by atoms with Gasteiger partial charge in [0.25, 0.3) is 5.69 Å². The van der Waals surface area contributed by atoms with Gasteiger partial charge < -0.3 is 10.4 Å². The first-order valence-electron chi connectivity index (χ1n) is 7.06. The highest BCUT2D eigenvalue weighted by atomic mass is 35.5. The van der Waals surface area contributed by atoms with Crippen LogP contribution < -0.4 is 5.32 Å². The van der Waals surface area contributed by atoms with E-state index in [0.717, 1.165) is 25.9 Å². The highest BCUT2D eigenvalue weighted by Crippen LogP contribution is 2.27. The fourth-order valence-corrected chi connectivity index (χ4v) is 2.65. The minimum absolute atomic E-state index is 0.0362. The van der Waals surface area contributed by atoms with Crippen molar-refractivity contribution in [2.24, 2.45) is 5.92 Å². The summed E-state index contributed by atoms with van der Waals surface area (Å²) in [7, 11) is 0. The van der Waals surface area contributed by atoms with Crippen molar-refractivity contribution in [3.05, 3.63) is 33.3 Å². The zero-order chi connectivity index (χ0) is 16.1. The van der Waals surface area contributed by atoms with Crippen molar-refractivity contribution in [1.82, 2.24) is 4.90 Å². The van der Waals surface area contributed by atoms with Crippen LogP contribution in [0.3, 0.4) is 0 Å². The summed E-state index contributed by atoms with van der Waals surface area (Å²) in [5.74, 6) is 0.0947. The topological polar surface area (TPSA) is 95.7 Å². The molecule has 8 heteroatoms. The van der Waals surface area contributed by atoms with Gasteiger partial charge in [-0.05, 0) is 44.0 Å². The molecular formula is C14H18ClN3O4. The van der Waals surface area contributed by atoms with Crippen molar-refractivity contribution < 1.29 is 14.8 Å². The molecule has 1 amide bonds. The molecule has 120 valence electrons. The van der Waals surface area contributed by atoms with Gasteiger partial charge in [0.15, 0.2) is 0 Å². The fraction of sp³-hybridized carbons (Fsp3) is 0.500. The van der Waals surface area contributed by atoms with E-state index in [-0.39, 0.29) is 29.8 Å². The number of carbonyl (C=O) groups excluding carboxylic acids is 1. The maximum atomic E-state index is 12.0. The summed E-state index contributed by atoms with van der Waals surface area (Å²) < 4.78 is 0. The number of piperidine rings is 1. The van der Waals surface area contributed by atoms with Gasteiger partial charge in [-0.15, -0.1) is 0 Å². The number of nitrogens with one attached hydrogen (secondary N) is 1. The van der Waals surface area contributed by atoms with E-state index in [1.807, 2.05) is 4.90 Å². The van der Waals surface area contributed by atoms with Crippen molar-refractivity contribution >= 4 is 28.9 Å². The Bertz CT molecular complexity index is 559. The molecule has 1 heterocycles. The Morgan fingerprint density at radius 3 is 2.73 bits per heavy atom. The molecule has 2 rings (SSSR count).